The first kappa shape index (κ1) is 19.9. The Balaban J connectivity index is 1.43. The van der Waals surface area contributed by atoms with Crippen molar-refractivity contribution in [3.05, 3.63) is 65.2 Å². The molecule has 0 atom stereocenters. The van der Waals surface area contributed by atoms with Gasteiger partial charge in [0.2, 0.25) is 5.91 Å². The Morgan fingerprint density at radius 1 is 1.04 bits per heavy atom. The lowest BCUT2D eigenvalue weighted by Gasteiger charge is -2.13. The molecule has 1 saturated carbocycles. The first-order valence-electron chi connectivity index (χ1n) is 9.83. The number of benzene rings is 2. The van der Waals surface area contributed by atoms with E-state index in [1.807, 2.05) is 36.4 Å². The van der Waals surface area contributed by atoms with Crippen LogP contribution in [0.5, 0.6) is 5.75 Å². The van der Waals surface area contributed by atoms with Crippen LogP contribution in [-0.4, -0.2) is 25.1 Å². The number of methoxy groups -OCH3 is 1. The van der Waals surface area contributed by atoms with Crippen LogP contribution in [0.15, 0.2) is 48.5 Å². The van der Waals surface area contributed by atoms with Gasteiger partial charge in [0.1, 0.15) is 5.75 Å². The molecule has 0 radical (unpaired) electrons. The van der Waals surface area contributed by atoms with Gasteiger partial charge in [-0.15, -0.1) is 0 Å². The summed E-state index contributed by atoms with van der Waals surface area (Å²) in [5.41, 5.74) is 2.54. The largest absolute Gasteiger partial charge is 0.490 e. The Labute approximate surface area is 166 Å². The Morgan fingerprint density at radius 3 is 2.50 bits per heavy atom. The van der Waals surface area contributed by atoms with Crippen LogP contribution in [0.3, 0.4) is 0 Å². The van der Waals surface area contributed by atoms with E-state index in [0.717, 1.165) is 29.7 Å². The number of hydrogen-bond donors (Lipinski definition) is 1. The maximum absolute atomic E-state index is 12.2. The molecule has 5 nitrogen and oxygen atoms in total. The number of aryl methyl sites for hydroxylation is 1. The zero-order chi connectivity index (χ0) is 19.8. The molecule has 1 aliphatic rings. The van der Waals surface area contributed by atoms with Gasteiger partial charge in [-0.25, -0.2) is 4.79 Å². The summed E-state index contributed by atoms with van der Waals surface area (Å²) in [5, 5.41) is 2.92. The highest BCUT2D eigenvalue weighted by Gasteiger charge is 2.16. The van der Waals surface area contributed by atoms with Crippen molar-refractivity contribution in [1.29, 1.82) is 0 Å². The van der Waals surface area contributed by atoms with E-state index in [2.05, 4.69) is 10.1 Å². The molecule has 3 rings (SSSR count). The Bertz CT molecular complexity index is 795. The first-order chi connectivity index (χ1) is 13.6. The van der Waals surface area contributed by atoms with Gasteiger partial charge in [-0.2, -0.15) is 0 Å². The lowest BCUT2D eigenvalue weighted by molar-refractivity contribution is -0.121. The monoisotopic (exact) mass is 381 g/mol. The fourth-order valence-corrected chi connectivity index (χ4v) is 3.40. The molecule has 1 aliphatic carbocycles. The molecule has 5 heteroatoms. The van der Waals surface area contributed by atoms with Gasteiger partial charge in [-0.3, -0.25) is 4.79 Å². The second-order valence-electron chi connectivity index (χ2n) is 7.14. The van der Waals surface area contributed by atoms with Gasteiger partial charge in [0, 0.05) is 13.0 Å². The first-order valence-corrected chi connectivity index (χ1v) is 9.83. The molecule has 1 amide bonds. The van der Waals surface area contributed by atoms with Crippen molar-refractivity contribution in [2.24, 2.45) is 0 Å². The highest BCUT2D eigenvalue weighted by molar-refractivity contribution is 5.89. The van der Waals surface area contributed by atoms with Gasteiger partial charge in [0.25, 0.3) is 0 Å². The van der Waals surface area contributed by atoms with E-state index in [4.69, 9.17) is 4.74 Å². The minimum absolute atomic E-state index is 0.000779. The third-order valence-corrected chi connectivity index (χ3v) is 5.01. The summed E-state index contributed by atoms with van der Waals surface area (Å²) < 4.78 is 10.7. The highest BCUT2D eigenvalue weighted by atomic mass is 16.5. The van der Waals surface area contributed by atoms with Gasteiger partial charge in [-0.05, 0) is 67.5 Å². The molecule has 1 N–H and O–H groups in total. The number of carbonyl (C=O) groups excluding carboxylic acids is 2. The minimum Gasteiger partial charge on any atom is -0.490 e. The van der Waals surface area contributed by atoms with Crippen LogP contribution in [0.1, 0.15) is 53.6 Å². The second-order valence-corrected chi connectivity index (χ2v) is 7.14. The summed E-state index contributed by atoms with van der Waals surface area (Å²) in [7, 11) is 1.35. The Kier molecular flexibility index (Phi) is 7.06. The molecular weight excluding hydrogens is 354 g/mol. The maximum atomic E-state index is 12.2. The fourth-order valence-electron chi connectivity index (χ4n) is 3.40. The molecule has 0 saturated heterocycles. The molecule has 0 aliphatic heterocycles. The van der Waals surface area contributed by atoms with Crippen LogP contribution in [0, 0.1) is 0 Å². The van der Waals surface area contributed by atoms with E-state index in [0.29, 0.717) is 31.1 Å². The van der Waals surface area contributed by atoms with Crippen LogP contribution < -0.4 is 10.1 Å². The van der Waals surface area contributed by atoms with Gasteiger partial charge in [0.15, 0.2) is 0 Å². The summed E-state index contributed by atoms with van der Waals surface area (Å²) >= 11 is 0. The van der Waals surface area contributed by atoms with E-state index < -0.39 is 0 Å². The fraction of sp³-hybridized carbons (Fsp3) is 0.391. The molecule has 1 fully saturated rings. The predicted molar refractivity (Wildman–Crippen MR) is 107 cm³/mol. The average molecular weight is 381 g/mol. The lowest BCUT2D eigenvalue weighted by Crippen LogP contribution is -2.23. The zero-order valence-electron chi connectivity index (χ0n) is 16.3. The summed E-state index contributed by atoms with van der Waals surface area (Å²) in [4.78, 5) is 23.6. The van der Waals surface area contributed by atoms with Crippen molar-refractivity contribution in [3.8, 4) is 5.75 Å². The Morgan fingerprint density at radius 2 is 1.79 bits per heavy atom. The van der Waals surface area contributed by atoms with E-state index in [-0.39, 0.29) is 11.9 Å². The number of carbonyl (C=O) groups is 2. The SMILES string of the molecule is COC(=O)c1ccc(CNC(=O)CCc2cccc(OC3CCCC3)c2)cc1. The van der Waals surface area contributed by atoms with Crippen molar-refractivity contribution in [1.82, 2.24) is 5.32 Å². The number of nitrogens with one attached hydrogen (secondary N) is 1. The molecule has 148 valence electrons. The van der Waals surface area contributed by atoms with Crippen molar-refractivity contribution in [2.75, 3.05) is 7.11 Å². The second kappa shape index (κ2) is 9.93. The maximum Gasteiger partial charge on any atom is 0.337 e. The molecule has 0 unspecified atom stereocenters. The molecule has 0 aromatic heterocycles. The summed E-state index contributed by atoms with van der Waals surface area (Å²) in [6.07, 6.45) is 6.19. The number of hydrogen-bond acceptors (Lipinski definition) is 4. The van der Waals surface area contributed by atoms with Crippen LogP contribution in [-0.2, 0) is 22.5 Å². The number of rotatable bonds is 8. The quantitative estimate of drug-likeness (QED) is 0.701. The van der Waals surface area contributed by atoms with E-state index >= 15 is 0 Å². The lowest BCUT2D eigenvalue weighted by atomic mass is 10.1. The van der Waals surface area contributed by atoms with Crippen molar-refractivity contribution >= 4 is 11.9 Å². The van der Waals surface area contributed by atoms with Crippen molar-refractivity contribution < 1.29 is 19.1 Å². The van der Waals surface area contributed by atoms with Gasteiger partial charge < -0.3 is 14.8 Å². The summed E-state index contributed by atoms with van der Waals surface area (Å²) in [6, 6.07) is 15.1. The van der Waals surface area contributed by atoms with Crippen LogP contribution in [0.25, 0.3) is 0 Å². The van der Waals surface area contributed by atoms with Gasteiger partial charge >= 0.3 is 5.97 Å². The highest BCUT2D eigenvalue weighted by Crippen LogP contribution is 2.24. The van der Waals surface area contributed by atoms with E-state index in [1.54, 1.807) is 12.1 Å². The molecular formula is C23H27NO4. The number of ether oxygens (including phenoxy) is 2. The predicted octanol–water partition coefficient (Wildman–Crippen LogP) is 4.04. The Hall–Kier alpha value is -2.82. The van der Waals surface area contributed by atoms with E-state index in [9.17, 15) is 9.59 Å². The normalized spacial score (nSPS) is 13.9. The van der Waals surface area contributed by atoms with Crippen molar-refractivity contribution in [3.63, 3.8) is 0 Å². The zero-order valence-corrected chi connectivity index (χ0v) is 16.3. The number of amides is 1. The molecule has 2 aromatic rings. The smallest absolute Gasteiger partial charge is 0.337 e. The molecule has 0 heterocycles. The van der Waals surface area contributed by atoms with Gasteiger partial charge in [0.05, 0.1) is 18.8 Å². The van der Waals surface area contributed by atoms with E-state index in [1.165, 1.54) is 20.0 Å². The standard InChI is InChI=1S/C23H27NO4/c1-27-23(26)19-12-9-18(10-13-19)16-24-22(25)14-11-17-5-4-8-21(15-17)28-20-6-2-3-7-20/h4-5,8-10,12-13,15,20H,2-3,6-7,11,14,16H2,1H3,(H,24,25). The summed E-state index contributed by atoms with van der Waals surface area (Å²) in [5.74, 6) is 0.532. The number of esters is 1. The third kappa shape index (κ3) is 5.84. The van der Waals surface area contributed by atoms with Gasteiger partial charge in [-0.1, -0.05) is 24.3 Å². The minimum atomic E-state index is -0.366. The van der Waals surface area contributed by atoms with Crippen LogP contribution in [0.2, 0.25) is 0 Å². The van der Waals surface area contributed by atoms with Crippen molar-refractivity contribution in [2.45, 2.75) is 51.2 Å². The average Bonchev–Trinajstić information content (AvgIpc) is 3.24. The van der Waals surface area contributed by atoms with Crippen LogP contribution >= 0.6 is 0 Å². The molecule has 28 heavy (non-hydrogen) atoms. The third-order valence-electron chi connectivity index (χ3n) is 5.01. The molecule has 0 spiro atoms. The molecule has 2 aromatic carbocycles. The molecule has 0 bridgehead atoms. The topological polar surface area (TPSA) is 64.6 Å². The van der Waals surface area contributed by atoms with Crippen LogP contribution in [0.4, 0.5) is 0 Å². The summed E-state index contributed by atoms with van der Waals surface area (Å²) in [6.45, 7) is 0.436.